The zero-order chi connectivity index (χ0) is 17.3. The van der Waals surface area contributed by atoms with Crippen molar-refractivity contribution in [3.8, 4) is 0 Å². The zero-order valence-corrected chi connectivity index (χ0v) is 14.2. The van der Waals surface area contributed by atoms with Gasteiger partial charge in [0.2, 0.25) is 11.9 Å². The molecule has 0 radical (unpaired) electrons. The Bertz CT molecular complexity index is 742. The first kappa shape index (κ1) is 16.8. The van der Waals surface area contributed by atoms with Crippen LogP contribution >= 0.6 is 11.3 Å². The van der Waals surface area contributed by atoms with Gasteiger partial charge >= 0.3 is 0 Å². The van der Waals surface area contributed by atoms with Gasteiger partial charge < -0.3 is 10.6 Å². The number of nitrogens with one attached hydrogen (secondary N) is 2. The summed E-state index contributed by atoms with van der Waals surface area (Å²) < 4.78 is 26.3. The average Bonchev–Trinajstić information content (AvgIpc) is 2.83. The third-order valence-electron chi connectivity index (χ3n) is 4.28. The van der Waals surface area contributed by atoms with Crippen LogP contribution in [0.25, 0.3) is 0 Å². The third kappa shape index (κ3) is 3.53. The Labute approximate surface area is 142 Å². The van der Waals surface area contributed by atoms with E-state index in [4.69, 9.17) is 0 Å². The van der Waals surface area contributed by atoms with Crippen LogP contribution in [-0.2, 0) is 0 Å². The minimum Gasteiger partial charge on any atom is -0.348 e. The summed E-state index contributed by atoms with van der Waals surface area (Å²) in [6.45, 7) is 3.91. The Morgan fingerprint density at radius 3 is 2.58 bits per heavy atom. The van der Waals surface area contributed by atoms with Crippen LogP contribution in [0, 0.1) is 24.7 Å². The minimum atomic E-state index is -0.917. The molecular formula is C16H18F2N4OS. The van der Waals surface area contributed by atoms with Crippen LogP contribution in [0.15, 0.2) is 12.1 Å². The fourth-order valence-corrected chi connectivity index (χ4v) is 3.64. The first-order chi connectivity index (χ1) is 11.5. The summed E-state index contributed by atoms with van der Waals surface area (Å²) in [5.41, 5.74) is 0.546. The van der Waals surface area contributed by atoms with E-state index in [1.165, 1.54) is 11.3 Å². The second kappa shape index (κ2) is 6.80. The van der Waals surface area contributed by atoms with Crippen LogP contribution in [0.5, 0.6) is 0 Å². The molecule has 1 aliphatic rings. The molecule has 2 N–H and O–H groups in total. The number of halogens is 2. The molecule has 0 bridgehead atoms. The molecule has 2 heterocycles. The molecule has 8 heteroatoms. The van der Waals surface area contributed by atoms with E-state index in [0.29, 0.717) is 16.7 Å². The van der Waals surface area contributed by atoms with E-state index >= 15 is 0 Å². The van der Waals surface area contributed by atoms with Crippen molar-refractivity contribution in [2.45, 2.75) is 39.2 Å². The second-order valence-electron chi connectivity index (χ2n) is 5.88. The monoisotopic (exact) mass is 352 g/mol. The van der Waals surface area contributed by atoms with Crippen LogP contribution in [-0.4, -0.2) is 21.9 Å². The van der Waals surface area contributed by atoms with Crippen molar-refractivity contribution in [1.29, 1.82) is 0 Å². The van der Waals surface area contributed by atoms with Crippen molar-refractivity contribution < 1.29 is 13.6 Å². The molecule has 2 atom stereocenters. The van der Waals surface area contributed by atoms with E-state index in [1.54, 1.807) is 6.92 Å². The molecule has 128 valence electrons. The fourth-order valence-electron chi connectivity index (χ4n) is 2.81. The second-order valence-corrected chi connectivity index (χ2v) is 7.08. The van der Waals surface area contributed by atoms with Crippen LogP contribution < -0.4 is 10.6 Å². The van der Waals surface area contributed by atoms with Crippen molar-refractivity contribution in [3.05, 3.63) is 34.6 Å². The summed E-state index contributed by atoms with van der Waals surface area (Å²) >= 11 is 1.26. The molecule has 0 saturated heterocycles. The standard InChI is InChI=1S/C16H18F2N4OS/c1-3-9-4-5-11(9)20-15(23)14-8(2)24-16(22-14)19-10-6-12(17)21-13(18)7-10/h6-7,9,11H,3-5H2,1-2H3,(H,20,23)(H,19,21,22). The maximum Gasteiger partial charge on any atom is 0.271 e. The number of pyridine rings is 1. The van der Waals surface area contributed by atoms with Gasteiger partial charge in [-0.25, -0.2) is 4.98 Å². The third-order valence-corrected chi connectivity index (χ3v) is 5.17. The lowest BCUT2D eigenvalue weighted by atomic mass is 9.78. The Balaban J connectivity index is 1.71. The summed E-state index contributed by atoms with van der Waals surface area (Å²) in [6, 6.07) is 2.35. The highest BCUT2D eigenvalue weighted by Gasteiger charge is 2.31. The number of carbonyl (C=O) groups excluding carboxylic acids is 1. The number of hydrogen-bond donors (Lipinski definition) is 2. The Morgan fingerprint density at radius 2 is 2.00 bits per heavy atom. The number of rotatable bonds is 5. The van der Waals surface area contributed by atoms with E-state index in [1.807, 2.05) is 0 Å². The number of nitrogens with zero attached hydrogens (tertiary/aromatic N) is 2. The number of carbonyl (C=O) groups is 1. The van der Waals surface area contributed by atoms with Gasteiger partial charge in [0.05, 0.1) is 0 Å². The van der Waals surface area contributed by atoms with Crippen LogP contribution in [0.4, 0.5) is 19.6 Å². The van der Waals surface area contributed by atoms with Gasteiger partial charge in [0, 0.05) is 28.7 Å². The van der Waals surface area contributed by atoms with Gasteiger partial charge in [0.25, 0.3) is 5.91 Å². The van der Waals surface area contributed by atoms with E-state index in [0.717, 1.165) is 36.3 Å². The molecule has 24 heavy (non-hydrogen) atoms. The Morgan fingerprint density at radius 1 is 1.29 bits per heavy atom. The molecule has 0 spiro atoms. The zero-order valence-electron chi connectivity index (χ0n) is 13.4. The Hall–Kier alpha value is -2.09. The van der Waals surface area contributed by atoms with Gasteiger partial charge in [-0.1, -0.05) is 13.3 Å². The van der Waals surface area contributed by atoms with Crippen LogP contribution in [0.3, 0.4) is 0 Å². The predicted molar refractivity (Wildman–Crippen MR) is 88.6 cm³/mol. The molecule has 1 aliphatic carbocycles. The van der Waals surface area contributed by atoms with Crippen molar-refractivity contribution >= 4 is 28.1 Å². The highest BCUT2D eigenvalue weighted by atomic mass is 32.1. The molecule has 1 saturated carbocycles. The van der Waals surface area contributed by atoms with E-state index in [-0.39, 0.29) is 17.6 Å². The van der Waals surface area contributed by atoms with E-state index < -0.39 is 11.9 Å². The van der Waals surface area contributed by atoms with Crippen molar-refractivity contribution in [2.24, 2.45) is 5.92 Å². The van der Waals surface area contributed by atoms with Crippen molar-refractivity contribution in [1.82, 2.24) is 15.3 Å². The van der Waals surface area contributed by atoms with Gasteiger partial charge in [-0.05, 0) is 25.7 Å². The molecule has 2 unspecified atom stereocenters. The maximum absolute atomic E-state index is 13.1. The highest BCUT2D eigenvalue weighted by molar-refractivity contribution is 7.15. The quantitative estimate of drug-likeness (QED) is 0.804. The molecule has 1 fully saturated rings. The SMILES string of the molecule is CCC1CCC1NC(=O)c1nc(Nc2cc(F)nc(F)c2)sc1C. The molecule has 5 nitrogen and oxygen atoms in total. The number of thiazole rings is 1. The van der Waals surface area contributed by atoms with Crippen molar-refractivity contribution in [2.75, 3.05) is 5.32 Å². The first-order valence-electron chi connectivity index (χ1n) is 7.84. The van der Waals surface area contributed by atoms with Crippen LogP contribution in [0.1, 0.15) is 41.6 Å². The number of aryl methyl sites for hydroxylation is 1. The van der Waals surface area contributed by atoms with Gasteiger partial charge in [-0.15, -0.1) is 11.3 Å². The van der Waals surface area contributed by atoms with E-state index in [2.05, 4.69) is 27.5 Å². The predicted octanol–water partition coefficient (Wildman–Crippen LogP) is 3.79. The number of aromatic nitrogens is 2. The molecule has 2 aromatic rings. The molecular weight excluding hydrogens is 334 g/mol. The number of hydrogen-bond acceptors (Lipinski definition) is 5. The summed E-state index contributed by atoms with van der Waals surface area (Å²) in [4.78, 5) is 20.4. The maximum atomic E-state index is 13.1. The normalized spacial score (nSPS) is 19.7. The van der Waals surface area contributed by atoms with Crippen molar-refractivity contribution in [3.63, 3.8) is 0 Å². The summed E-state index contributed by atoms with van der Waals surface area (Å²) in [5.74, 6) is -1.50. The van der Waals surface area contributed by atoms with Gasteiger partial charge in [0.1, 0.15) is 5.69 Å². The Kier molecular flexibility index (Phi) is 4.75. The smallest absolute Gasteiger partial charge is 0.271 e. The lowest BCUT2D eigenvalue weighted by Gasteiger charge is -2.36. The van der Waals surface area contributed by atoms with E-state index in [9.17, 15) is 13.6 Å². The average molecular weight is 352 g/mol. The molecule has 0 aromatic carbocycles. The molecule has 3 rings (SSSR count). The highest BCUT2D eigenvalue weighted by Crippen LogP contribution is 2.31. The molecule has 2 aromatic heterocycles. The topological polar surface area (TPSA) is 66.9 Å². The number of anilines is 2. The van der Waals surface area contributed by atoms with Gasteiger partial charge in [-0.3, -0.25) is 4.79 Å². The lowest BCUT2D eigenvalue weighted by Crippen LogP contribution is -2.46. The van der Waals surface area contributed by atoms with Gasteiger partial charge in [0.15, 0.2) is 5.13 Å². The minimum absolute atomic E-state index is 0.200. The summed E-state index contributed by atoms with van der Waals surface area (Å²) in [6.07, 6.45) is 3.19. The fraction of sp³-hybridized carbons (Fsp3) is 0.438. The largest absolute Gasteiger partial charge is 0.348 e. The lowest BCUT2D eigenvalue weighted by molar-refractivity contribution is 0.0867. The van der Waals surface area contributed by atoms with Gasteiger partial charge in [-0.2, -0.15) is 13.8 Å². The van der Waals surface area contributed by atoms with Crippen LogP contribution in [0.2, 0.25) is 0 Å². The molecule has 0 aliphatic heterocycles. The summed E-state index contributed by atoms with van der Waals surface area (Å²) in [5, 5.41) is 6.23. The molecule has 1 amide bonds. The first-order valence-corrected chi connectivity index (χ1v) is 8.66. The summed E-state index contributed by atoms with van der Waals surface area (Å²) in [7, 11) is 0. The number of amides is 1.